The van der Waals surface area contributed by atoms with Crippen LogP contribution in [0.3, 0.4) is 0 Å². The summed E-state index contributed by atoms with van der Waals surface area (Å²) in [5.41, 5.74) is 0.918. The van der Waals surface area contributed by atoms with E-state index in [-0.39, 0.29) is 5.56 Å². The molecule has 0 aliphatic carbocycles. The Morgan fingerprint density at radius 3 is 2.54 bits per heavy atom. The Morgan fingerprint density at radius 2 is 1.85 bits per heavy atom. The molecule has 2 aromatic rings. The molecule has 0 saturated heterocycles. The Hall–Kier alpha value is -3.09. The standard InChI is InChI=1S/C19H16F3NO3/c1-13-4-2-7-16(10-13)23-17(24)12-26-18(25)9-8-14-5-3-6-15(11-14)19(20,21)22/h2-11H,12H2,1H3,(H,23,24)/b9-8+. The summed E-state index contributed by atoms with van der Waals surface area (Å²) in [6, 6.07) is 11.6. The number of alkyl halides is 3. The summed E-state index contributed by atoms with van der Waals surface area (Å²) in [6.07, 6.45) is -2.30. The van der Waals surface area contributed by atoms with Crippen LogP contribution >= 0.6 is 0 Å². The molecule has 0 saturated carbocycles. The molecule has 0 bridgehead atoms. The highest BCUT2D eigenvalue weighted by Gasteiger charge is 2.30. The maximum absolute atomic E-state index is 12.6. The molecule has 0 aromatic heterocycles. The Morgan fingerprint density at radius 1 is 1.12 bits per heavy atom. The van der Waals surface area contributed by atoms with Crippen LogP contribution in [0.25, 0.3) is 6.08 Å². The zero-order valence-electron chi connectivity index (χ0n) is 13.8. The van der Waals surface area contributed by atoms with E-state index in [2.05, 4.69) is 5.32 Å². The predicted octanol–water partition coefficient (Wildman–Crippen LogP) is 4.21. The lowest BCUT2D eigenvalue weighted by Crippen LogP contribution is -2.20. The van der Waals surface area contributed by atoms with E-state index >= 15 is 0 Å². The van der Waals surface area contributed by atoms with Crippen LogP contribution in [0.5, 0.6) is 0 Å². The number of nitrogens with one attached hydrogen (secondary N) is 1. The smallest absolute Gasteiger partial charge is 0.416 e. The quantitative estimate of drug-likeness (QED) is 0.640. The van der Waals surface area contributed by atoms with Crippen LogP contribution in [0.15, 0.2) is 54.6 Å². The maximum atomic E-state index is 12.6. The number of benzene rings is 2. The first-order valence-corrected chi connectivity index (χ1v) is 7.62. The number of hydrogen-bond acceptors (Lipinski definition) is 3. The second kappa shape index (κ2) is 8.33. The van der Waals surface area contributed by atoms with E-state index in [1.807, 2.05) is 13.0 Å². The number of amides is 1. The van der Waals surface area contributed by atoms with Crippen LogP contribution < -0.4 is 5.32 Å². The van der Waals surface area contributed by atoms with Crippen molar-refractivity contribution in [3.8, 4) is 0 Å². The van der Waals surface area contributed by atoms with Gasteiger partial charge in [-0.3, -0.25) is 4.79 Å². The third-order valence-electron chi connectivity index (χ3n) is 3.27. The van der Waals surface area contributed by atoms with Gasteiger partial charge in [-0.2, -0.15) is 13.2 Å². The number of hydrogen-bond donors (Lipinski definition) is 1. The fourth-order valence-electron chi connectivity index (χ4n) is 2.09. The lowest BCUT2D eigenvalue weighted by molar-refractivity contribution is -0.142. The molecule has 26 heavy (non-hydrogen) atoms. The Kier molecular flexibility index (Phi) is 6.16. The van der Waals surface area contributed by atoms with E-state index < -0.39 is 30.2 Å². The highest BCUT2D eigenvalue weighted by atomic mass is 19.4. The van der Waals surface area contributed by atoms with Crippen molar-refractivity contribution >= 4 is 23.6 Å². The fourth-order valence-corrected chi connectivity index (χ4v) is 2.09. The largest absolute Gasteiger partial charge is 0.452 e. The first-order valence-electron chi connectivity index (χ1n) is 7.62. The van der Waals surface area contributed by atoms with Gasteiger partial charge in [-0.05, 0) is 48.4 Å². The van der Waals surface area contributed by atoms with Crippen molar-refractivity contribution in [3.63, 3.8) is 0 Å². The Labute approximate surface area is 148 Å². The summed E-state index contributed by atoms with van der Waals surface area (Å²) in [5.74, 6) is -1.35. The van der Waals surface area contributed by atoms with E-state index in [4.69, 9.17) is 4.74 Å². The lowest BCUT2D eigenvalue weighted by Gasteiger charge is -2.07. The van der Waals surface area contributed by atoms with Crippen LogP contribution in [0.1, 0.15) is 16.7 Å². The van der Waals surface area contributed by atoms with Gasteiger partial charge in [-0.25, -0.2) is 4.79 Å². The van der Waals surface area contributed by atoms with Crippen molar-refractivity contribution < 1.29 is 27.5 Å². The van der Waals surface area contributed by atoms with Gasteiger partial charge < -0.3 is 10.1 Å². The summed E-state index contributed by atoms with van der Waals surface area (Å²) in [6.45, 7) is 1.37. The Bertz CT molecular complexity index is 829. The molecule has 0 fully saturated rings. The van der Waals surface area contributed by atoms with E-state index in [1.54, 1.807) is 18.2 Å². The Balaban J connectivity index is 1.86. The second-order valence-electron chi connectivity index (χ2n) is 5.48. The van der Waals surface area contributed by atoms with E-state index in [9.17, 15) is 22.8 Å². The topological polar surface area (TPSA) is 55.4 Å². The number of carbonyl (C=O) groups excluding carboxylic acids is 2. The molecule has 1 amide bonds. The van der Waals surface area contributed by atoms with Crippen LogP contribution in [0.2, 0.25) is 0 Å². The number of anilines is 1. The molecular formula is C19H16F3NO3. The van der Waals surface area contributed by atoms with Gasteiger partial charge in [0.05, 0.1) is 5.56 Å². The van der Waals surface area contributed by atoms with Crippen molar-refractivity contribution in [2.24, 2.45) is 0 Å². The van der Waals surface area contributed by atoms with Crippen molar-refractivity contribution in [1.82, 2.24) is 0 Å². The maximum Gasteiger partial charge on any atom is 0.416 e. The average Bonchev–Trinajstić information content (AvgIpc) is 2.58. The molecule has 0 unspecified atom stereocenters. The molecule has 0 radical (unpaired) electrons. The van der Waals surface area contributed by atoms with Crippen molar-refractivity contribution in [2.45, 2.75) is 13.1 Å². The highest BCUT2D eigenvalue weighted by Crippen LogP contribution is 2.29. The van der Waals surface area contributed by atoms with Crippen LogP contribution in [0, 0.1) is 6.92 Å². The number of esters is 1. The van der Waals surface area contributed by atoms with Crippen LogP contribution in [-0.2, 0) is 20.5 Å². The highest BCUT2D eigenvalue weighted by molar-refractivity contribution is 5.94. The van der Waals surface area contributed by atoms with Crippen LogP contribution in [-0.4, -0.2) is 18.5 Å². The minimum atomic E-state index is -4.46. The van der Waals surface area contributed by atoms with Gasteiger partial charge in [-0.15, -0.1) is 0 Å². The first kappa shape index (κ1) is 19.2. The van der Waals surface area contributed by atoms with E-state index in [0.717, 1.165) is 23.8 Å². The normalized spacial score (nSPS) is 11.4. The number of halogens is 3. The zero-order chi connectivity index (χ0) is 19.2. The molecule has 0 spiro atoms. The van der Waals surface area contributed by atoms with Gasteiger partial charge in [0.2, 0.25) is 0 Å². The van der Waals surface area contributed by atoms with Gasteiger partial charge >= 0.3 is 12.1 Å². The van der Waals surface area contributed by atoms with Gasteiger partial charge in [-0.1, -0.05) is 24.3 Å². The van der Waals surface area contributed by atoms with Crippen molar-refractivity contribution in [2.75, 3.05) is 11.9 Å². The van der Waals surface area contributed by atoms with Gasteiger partial charge in [0.15, 0.2) is 6.61 Å². The van der Waals surface area contributed by atoms with Gasteiger partial charge in [0.25, 0.3) is 5.91 Å². The summed E-state index contributed by atoms with van der Waals surface area (Å²) < 4.78 is 42.6. The number of carbonyl (C=O) groups is 2. The molecule has 0 aliphatic heterocycles. The number of ether oxygens (including phenoxy) is 1. The molecule has 1 N–H and O–H groups in total. The minimum Gasteiger partial charge on any atom is -0.452 e. The van der Waals surface area contributed by atoms with Gasteiger partial charge in [0, 0.05) is 11.8 Å². The third kappa shape index (κ3) is 6.08. The molecule has 0 aliphatic rings. The lowest BCUT2D eigenvalue weighted by atomic mass is 10.1. The number of aryl methyl sites for hydroxylation is 1. The summed E-state index contributed by atoms with van der Waals surface area (Å²) >= 11 is 0. The third-order valence-corrected chi connectivity index (χ3v) is 3.27. The average molecular weight is 363 g/mol. The zero-order valence-corrected chi connectivity index (χ0v) is 13.8. The van der Waals surface area contributed by atoms with E-state index in [1.165, 1.54) is 18.2 Å². The summed E-state index contributed by atoms with van der Waals surface area (Å²) in [7, 11) is 0. The molecule has 136 valence electrons. The molecule has 2 aromatic carbocycles. The summed E-state index contributed by atoms with van der Waals surface area (Å²) in [4.78, 5) is 23.3. The minimum absolute atomic E-state index is 0.195. The molecule has 7 heteroatoms. The van der Waals surface area contributed by atoms with Crippen molar-refractivity contribution in [3.05, 3.63) is 71.3 Å². The number of rotatable bonds is 5. The SMILES string of the molecule is Cc1cccc(NC(=O)COC(=O)/C=C/c2cccc(C(F)(F)F)c2)c1. The molecule has 0 atom stereocenters. The van der Waals surface area contributed by atoms with Gasteiger partial charge in [0.1, 0.15) is 0 Å². The second-order valence-corrected chi connectivity index (χ2v) is 5.48. The first-order chi connectivity index (χ1) is 12.2. The molecule has 4 nitrogen and oxygen atoms in total. The van der Waals surface area contributed by atoms with Crippen LogP contribution in [0.4, 0.5) is 18.9 Å². The fraction of sp³-hybridized carbons (Fsp3) is 0.158. The summed E-state index contributed by atoms with van der Waals surface area (Å²) in [5, 5.41) is 2.57. The molecule has 0 heterocycles. The predicted molar refractivity (Wildman–Crippen MR) is 91.2 cm³/mol. The van der Waals surface area contributed by atoms with Crippen molar-refractivity contribution in [1.29, 1.82) is 0 Å². The monoisotopic (exact) mass is 363 g/mol. The van der Waals surface area contributed by atoms with E-state index in [0.29, 0.717) is 5.69 Å². The molecule has 2 rings (SSSR count). The molecular weight excluding hydrogens is 347 g/mol.